The number of nitrogens with one attached hydrogen (secondary N) is 2. The van der Waals surface area contributed by atoms with Crippen LogP contribution < -0.4 is 10.9 Å². The Morgan fingerprint density at radius 1 is 1.48 bits per heavy atom. The first-order chi connectivity index (χ1) is 12.7. The molecule has 0 aliphatic rings. The van der Waals surface area contributed by atoms with Crippen LogP contribution in [0.25, 0.3) is 0 Å². The molecule has 1 aromatic carbocycles. The van der Waals surface area contributed by atoms with Crippen molar-refractivity contribution in [1.29, 1.82) is 0 Å². The van der Waals surface area contributed by atoms with Crippen molar-refractivity contribution in [3.8, 4) is 0 Å². The van der Waals surface area contributed by atoms with Crippen molar-refractivity contribution < 1.29 is 23.5 Å². The second-order valence-corrected chi connectivity index (χ2v) is 6.39. The van der Waals surface area contributed by atoms with Gasteiger partial charge in [0.1, 0.15) is 18.1 Å². The number of hydrogen-bond donors (Lipinski definition) is 3. The predicted molar refractivity (Wildman–Crippen MR) is 96.0 cm³/mol. The fourth-order valence-corrected chi connectivity index (χ4v) is 2.41. The molecule has 1 aromatic heterocycles. The highest BCUT2D eigenvalue weighted by Gasteiger charge is 2.25. The average Bonchev–Trinajstić information content (AvgIpc) is 2.64. The van der Waals surface area contributed by atoms with Gasteiger partial charge in [0.2, 0.25) is 5.82 Å². The lowest BCUT2D eigenvalue weighted by molar-refractivity contribution is -0.128. The summed E-state index contributed by atoms with van der Waals surface area (Å²) >= 11 is 1.32. The van der Waals surface area contributed by atoms with E-state index in [1.165, 1.54) is 37.9 Å². The van der Waals surface area contributed by atoms with Gasteiger partial charge in [-0.2, -0.15) is 9.49 Å². The number of H-pyrrole nitrogens is 1. The minimum absolute atomic E-state index is 0.138. The lowest BCUT2D eigenvalue weighted by Crippen LogP contribution is -2.32. The van der Waals surface area contributed by atoms with E-state index in [2.05, 4.69) is 10.4 Å². The van der Waals surface area contributed by atoms with E-state index in [4.69, 9.17) is 4.84 Å². The molecule has 11 heteroatoms. The highest BCUT2D eigenvalue weighted by molar-refractivity contribution is 7.98. The van der Waals surface area contributed by atoms with E-state index in [1.54, 1.807) is 12.3 Å². The van der Waals surface area contributed by atoms with Gasteiger partial charge < -0.3 is 10.4 Å². The summed E-state index contributed by atoms with van der Waals surface area (Å²) in [4.78, 5) is 29.7. The average molecular weight is 400 g/mol. The molecular formula is C16H18F2N4O4S. The van der Waals surface area contributed by atoms with Crippen LogP contribution >= 0.6 is 11.8 Å². The number of amides is 1. The molecule has 0 radical (unpaired) electrons. The molecule has 146 valence electrons. The van der Waals surface area contributed by atoms with Gasteiger partial charge in [0.25, 0.3) is 5.91 Å². The molecule has 0 aliphatic heterocycles. The predicted octanol–water partition coefficient (Wildman–Crippen LogP) is 1.90. The van der Waals surface area contributed by atoms with E-state index in [-0.39, 0.29) is 12.3 Å². The number of anilines is 2. The van der Waals surface area contributed by atoms with Crippen LogP contribution in [0.5, 0.6) is 0 Å². The number of carbonyl (C=O) groups is 1. The first-order valence-corrected chi connectivity index (χ1v) is 8.94. The van der Waals surface area contributed by atoms with Gasteiger partial charge in [-0.25, -0.2) is 14.6 Å². The fraction of sp³-hybridized carbons (Fsp3) is 0.312. The van der Waals surface area contributed by atoms with Gasteiger partial charge in [0, 0.05) is 11.9 Å². The lowest BCUT2D eigenvalue weighted by atomic mass is 10.2. The van der Waals surface area contributed by atoms with E-state index in [1.807, 2.05) is 5.10 Å². The molecule has 0 saturated heterocycles. The molecule has 0 unspecified atom stereocenters. The zero-order chi connectivity index (χ0) is 20.1. The summed E-state index contributed by atoms with van der Waals surface area (Å²) in [5.41, 5.74) is -2.43. The number of rotatable bonds is 7. The van der Waals surface area contributed by atoms with Crippen molar-refractivity contribution in [3.63, 3.8) is 0 Å². The van der Waals surface area contributed by atoms with Gasteiger partial charge >= 0.3 is 5.56 Å². The van der Waals surface area contributed by atoms with Gasteiger partial charge in [-0.1, -0.05) is 0 Å². The van der Waals surface area contributed by atoms with Crippen molar-refractivity contribution in [2.24, 2.45) is 0 Å². The van der Waals surface area contributed by atoms with Crippen LogP contribution in [0.3, 0.4) is 0 Å². The second kappa shape index (κ2) is 8.93. The summed E-state index contributed by atoms with van der Waals surface area (Å²) in [6, 6.07) is 4.17. The minimum atomic E-state index is -1.33. The number of hydrogen-bond acceptors (Lipinski definition) is 7. The fourth-order valence-electron chi connectivity index (χ4n) is 1.98. The minimum Gasteiger partial charge on any atom is -0.391 e. The van der Waals surface area contributed by atoms with Crippen LogP contribution in [0.15, 0.2) is 27.9 Å². The standard InChI is InChI=1S/C16H18F2N4O4S/c1-8(23)7-26-22(2)16(25)14-13(12(18)15(24)21-20-14)19-11-5-4-9(27-3)6-10(11)17/h4-6,8,23H,7H2,1-3H3,(H2,19,21,24)/t8-/m0/s1. The lowest BCUT2D eigenvalue weighted by Gasteiger charge is -2.19. The maximum atomic E-state index is 14.3. The second-order valence-electron chi connectivity index (χ2n) is 5.51. The molecule has 3 N–H and O–H groups in total. The normalized spacial score (nSPS) is 11.9. The summed E-state index contributed by atoms with van der Waals surface area (Å²) in [6.07, 6.45) is 0.921. The van der Waals surface area contributed by atoms with E-state index < -0.39 is 40.6 Å². The first-order valence-electron chi connectivity index (χ1n) is 7.72. The van der Waals surface area contributed by atoms with E-state index in [0.717, 1.165) is 5.06 Å². The van der Waals surface area contributed by atoms with Crippen LogP contribution in [0, 0.1) is 11.6 Å². The topological polar surface area (TPSA) is 108 Å². The van der Waals surface area contributed by atoms with Gasteiger partial charge in [-0.05, 0) is 31.4 Å². The zero-order valence-electron chi connectivity index (χ0n) is 14.7. The monoisotopic (exact) mass is 400 g/mol. The number of hydroxylamine groups is 2. The third kappa shape index (κ3) is 5.02. The number of benzene rings is 1. The Morgan fingerprint density at radius 2 is 2.19 bits per heavy atom. The molecule has 0 bridgehead atoms. The molecule has 0 spiro atoms. The third-order valence-corrected chi connectivity index (χ3v) is 4.08. The SMILES string of the molecule is CSc1ccc(Nc2c(C(=O)N(C)OC[C@H](C)O)n[nH]c(=O)c2F)c(F)c1. The largest absolute Gasteiger partial charge is 0.391 e. The number of thioether (sulfide) groups is 1. The quantitative estimate of drug-likeness (QED) is 0.481. The molecule has 0 fully saturated rings. The molecule has 8 nitrogen and oxygen atoms in total. The molecule has 1 atom stereocenters. The Hall–Kier alpha value is -2.50. The summed E-state index contributed by atoms with van der Waals surface area (Å²) in [5, 5.41) is 17.8. The Kier molecular flexibility index (Phi) is 6.88. The van der Waals surface area contributed by atoms with Crippen molar-refractivity contribution >= 4 is 29.0 Å². The molecule has 27 heavy (non-hydrogen) atoms. The van der Waals surface area contributed by atoms with E-state index in [9.17, 15) is 23.5 Å². The Labute approximate surface area is 157 Å². The van der Waals surface area contributed by atoms with Crippen LogP contribution in [0.2, 0.25) is 0 Å². The number of aliphatic hydroxyl groups is 1. The summed E-state index contributed by atoms with van der Waals surface area (Å²) in [7, 11) is 1.23. The highest BCUT2D eigenvalue weighted by atomic mass is 32.2. The number of aromatic nitrogens is 2. The summed E-state index contributed by atoms with van der Waals surface area (Å²) < 4.78 is 28.5. The van der Waals surface area contributed by atoms with Crippen molar-refractivity contribution in [2.75, 3.05) is 25.2 Å². The number of halogens is 2. The molecule has 1 heterocycles. The Balaban J connectivity index is 2.39. The summed E-state index contributed by atoms with van der Waals surface area (Å²) in [5.74, 6) is -2.93. The van der Waals surface area contributed by atoms with Crippen LogP contribution in [0.4, 0.5) is 20.2 Å². The van der Waals surface area contributed by atoms with Crippen molar-refractivity contribution in [1.82, 2.24) is 15.3 Å². The third-order valence-electron chi connectivity index (χ3n) is 3.36. The van der Waals surface area contributed by atoms with Gasteiger partial charge in [-0.15, -0.1) is 11.8 Å². The van der Waals surface area contributed by atoms with E-state index in [0.29, 0.717) is 4.90 Å². The van der Waals surface area contributed by atoms with E-state index >= 15 is 0 Å². The zero-order valence-corrected chi connectivity index (χ0v) is 15.6. The molecule has 1 amide bonds. The molecule has 2 aromatic rings. The van der Waals surface area contributed by atoms with Crippen LogP contribution in [0.1, 0.15) is 17.4 Å². The highest BCUT2D eigenvalue weighted by Crippen LogP contribution is 2.27. The van der Waals surface area contributed by atoms with Gasteiger partial charge in [0.15, 0.2) is 5.69 Å². The smallest absolute Gasteiger partial charge is 0.302 e. The number of nitrogens with zero attached hydrogens (tertiary/aromatic N) is 2. The Morgan fingerprint density at radius 3 is 2.78 bits per heavy atom. The maximum Gasteiger partial charge on any atom is 0.302 e. The number of aliphatic hydroxyl groups excluding tert-OH is 1. The molecule has 2 rings (SSSR count). The van der Waals surface area contributed by atoms with Crippen molar-refractivity contribution in [2.45, 2.75) is 17.9 Å². The van der Waals surface area contributed by atoms with Crippen LogP contribution in [-0.2, 0) is 4.84 Å². The Bertz CT molecular complexity index is 891. The van der Waals surface area contributed by atoms with Crippen molar-refractivity contribution in [3.05, 3.63) is 45.9 Å². The van der Waals surface area contributed by atoms with Gasteiger partial charge in [-0.3, -0.25) is 14.4 Å². The molecule has 0 saturated carbocycles. The molecular weight excluding hydrogens is 382 g/mol. The van der Waals surface area contributed by atoms with Gasteiger partial charge in [0.05, 0.1) is 11.8 Å². The molecule has 0 aliphatic carbocycles. The first kappa shape index (κ1) is 20.8. The summed E-state index contributed by atoms with van der Waals surface area (Å²) in [6.45, 7) is 1.26. The van der Waals surface area contributed by atoms with Crippen LogP contribution in [-0.4, -0.2) is 52.3 Å². The maximum absolute atomic E-state index is 14.3. The number of carbonyl (C=O) groups excluding carboxylic acids is 1. The number of aromatic amines is 1.